The van der Waals surface area contributed by atoms with Crippen LogP contribution in [0.4, 0.5) is 5.69 Å². The lowest BCUT2D eigenvalue weighted by atomic mass is 10.3. The lowest BCUT2D eigenvalue weighted by molar-refractivity contribution is -0.384. The molecule has 0 heterocycles. The van der Waals surface area contributed by atoms with Crippen molar-refractivity contribution in [3.8, 4) is 0 Å². The van der Waals surface area contributed by atoms with Gasteiger partial charge in [0.1, 0.15) is 0 Å². The first-order valence-electron chi connectivity index (χ1n) is 3.87. The van der Waals surface area contributed by atoms with E-state index >= 15 is 0 Å². The Morgan fingerprint density at radius 2 is 1.59 bits per heavy atom. The molecule has 0 spiro atoms. The first-order chi connectivity index (χ1) is 7.62. The van der Waals surface area contributed by atoms with Gasteiger partial charge in [-0.3, -0.25) is 14.7 Å². The predicted octanol–water partition coefficient (Wildman–Crippen LogP) is -0.324. The highest BCUT2D eigenvalue weighted by molar-refractivity contribution is 8.02. The SMILES string of the molecule is O=[N+]([O-])c1ccc(S(=O)(=O)NS(=O)(=O)O)cc1. The van der Waals surface area contributed by atoms with Crippen LogP contribution in [0.15, 0.2) is 29.2 Å². The average Bonchev–Trinajstić information content (AvgIpc) is 2.14. The summed E-state index contributed by atoms with van der Waals surface area (Å²) < 4.78 is 52.6. The Labute approximate surface area is 96.2 Å². The molecule has 0 fully saturated rings. The van der Waals surface area contributed by atoms with Crippen molar-refractivity contribution in [1.29, 1.82) is 0 Å². The molecule has 0 aliphatic heterocycles. The second kappa shape index (κ2) is 4.37. The smallest absolute Gasteiger partial charge is 0.273 e. The van der Waals surface area contributed by atoms with Crippen molar-refractivity contribution in [1.82, 2.24) is 4.13 Å². The number of sulfonamides is 1. The van der Waals surface area contributed by atoms with Gasteiger partial charge in [0, 0.05) is 12.1 Å². The molecule has 0 saturated heterocycles. The third-order valence-electron chi connectivity index (χ3n) is 1.57. The van der Waals surface area contributed by atoms with E-state index in [2.05, 4.69) is 0 Å². The third-order valence-corrected chi connectivity index (χ3v) is 4.19. The van der Waals surface area contributed by atoms with Gasteiger partial charge in [-0.05, 0) is 12.1 Å². The van der Waals surface area contributed by atoms with Crippen molar-refractivity contribution in [2.24, 2.45) is 0 Å². The average molecular weight is 282 g/mol. The summed E-state index contributed by atoms with van der Waals surface area (Å²) in [7, 11) is -9.40. The Balaban J connectivity index is 3.13. The number of non-ortho nitro benzene ring substituents is 1. The van der Waals surface area contributed by atoms with Crippen LogP contribution in [0.2, 0.25) is 0 Å². The third kappa shape index (κ3) is 3.74. The summed E-state index contributed by atoms with van der Waals surface area (Å²) >= 11 is 0. The Morgan fingerprint density at radius 1 is 1.12 bits per heavy atom. The highest BCUT2D eigenvalue weighted by Gasteiger charge is 2.21. The van der Waals surface area contributed by atoms with Crippen molar-refractivity contribution in [2.45, 2.75) is 4.90 Å². The van der Waals surface area contributed by atoms with Crippen molar-refractivity contribution >= 4 is 26.0 Å². The van der Waals surface area contributed by atoms with Crippen molar-refractivity contribution < 1.29 is 26.3 Å². The fourth-order valence-corrected chi connectivity index (χ4v) is 2.92. The number of benzene rings is 1. The maximum atomic E-state index is 11.3. The summed E-state index contributed by atoms with van der Waals surface area (Å²) in [5.74, 6) is 0. The Hall–Kier alpha value is -1.56. The van der Waals surface area contributed by atoms with Crippen LogP contribution < -0.4 is 4.13 Å². The molecule has 0 aliphatic carbocycles. The minimum Gasteiger partial charge on any atom is -0.273 e. The van der Waals surface area contributed by atoms with Gasteiger partial charge in [0.05, 0.1) is 9.82 Å². The molecule has 0 atom stereocenters. The Morgan fingerprint density at radius 3 is 1.94 bits per heavy atom. The molecule has 1 aromatic carbocycles. The van der Waals surface area contributed by atoms with Crippen molar-refractivity contribution in [2.75, 3.05) is 0 Å². The molecule has 0 bridgehead atoms. The van der Waals surface area contributed by atoms with E-state index in [0.717, 1.165) is 28.4 Å². The highest BCUT2D eigenvalue weighted by atomic mass is 32.3. The molecule has 11 heteroatoms. The van der Waals surface area contributed by atoms with Gasteiger partial charge in [-0.25, -0.2) is 8.42 Å². The summed E-state index contributed by atoms with van der Waals surface area (Å²) in [6.45, 7) is 0. The van der Waals surface area contributed by atoms with Crippen LogP contribution in [0.3, 0.4) is 0 Å². The molecule has 0 unspecified atom stereocenters. The van der Waals surface area contributed by atoms with Gasteiger partial charge in [-0.1, -0.05) is 4.13 Å². The molecule has 0 aliphatic rings. The van der Waals surface area contributed by atoms with Gasteiger partial charge >= 0.3 is 10.3 Å². The zero-order valence-electron chi connectivity index (χ0n) is 7.97. The molecule has 17 heavy (non-hydrogen) atoms. The van der Waals surface area contributed by atoms with E-state index in [4.69, 9.17) is 4.55 Å². The van der Waals surface area contributed by atoms with Crippen molar-refractivity contribution in [3.05, 3.63) is 34.4 Å². The molecular weight excluding hydrogens is 276 g/mol. The molecule has 9 nitrogen and oxygen atoms in total. The monoisotopic (exact) mass is 282 g/mol. The first-order valence-corrected chi connectivity index (χ1v) is 6.79. The van der Waals surface area contributed by atoms with Crippen molar-refractivity contribution in [3.63, 3.8) is 0 Å². The lowest BCUT2D eigenvalue weighted by Crippen LogP contribution is -2.29. The molecule has 0 saturated carbocycles. The quantitative estimate of drug-likeness (QED) is 0.437. The van der Waals surface area contributed by atoms with Crippen LogP contribution in [0.25, 0.3) is 0 Å². The molecule has 94 valence electrons. The van der Waals surface area contributed by atoms with Gasteiger partial charge in [0.2, 0.25) is 0 Å². The van der Waals surface area contributed by atoms with Gasteiger partial charge in [-0.15, -0.1) is 0 Å². The Bertz CT molecular complexity index is 631. The molecular formula is C6H6N2O7S2. The summed E-state index contributed by atoms with van der Waals surface area (Å²) in [5, 5.41) is 10.3. The van der Waals surface area contributed by atoms with E-state index in [-0.39, 0.29) is 5.69 Å². The zero-order valence-corrected chi connectivity index (χ0v) is 9.60. The van der Waals surface area contributed by atoms with Crippen LogP contribution >= 0.6 is 0 Å². The van der Waals surface area contributed by atoms with E-state index in [9.17, 15) is 26.9 Å². The van der Waals surface area contributed by atoms with Gasteiger partial charge in [-0.2, -0.15) is 8.42 Å². The van der Waals surface area contributed by atoms with E-state index in [1.54, 1.807) is 0 Å². The van der Waals surface area contributed by atoms with Gasteiger partial charge < -0.3 is 0 Å². The number of nitrogens with zero attached hydrogens (tertiary/aromatic N) is 1. The molecule has 2 N–H and O–H groups in total. The summed E-state index contributed by atoms with van der Waals surface area (Å²) in [6.07, 6.45) is 0. The van der Waals surface area contributed by atoms with Crippen LogP contribution in [-0.2, 0) is 20.3 Å². The highest BCUT2D eigenvalue weighted by Crippen LogP contribution is 2.15. The minimum absolute atomic E-state index is 0.351. The zero-order chi connectivity index (χ0) is 13.3. The summed E-state index contributed by atoms with van der Waals surface area (Å²) in [4.78, 5) is 9.02. The topological polar surface area (TPSA) is 144 Å². The van der Waals surface area contributed by atoms with Crippen LogP contribution in [0, 0.1) is 10.1 Å². The molecule has 0 amide bonds. The fraction of sp³-hybridized carbons (Fsp3) is 0. The van der Waals surface area contributed by atoms with E-state index < -0.39 is 30.1 Å². The van der Waals surface area contributed by atoms with E-state index in [0.29, 0.717) is 0 Å². The lowest BCUT2D eigenvalue weighted by Gasteiger charge is -2.02. The van der Waals surface area contributed by atoms with Crippen LogP contribution in [0.1, 0.15) is 0 Å². The Kier molecular flexibility index (Phi) is 3.47. The normalized spacial score (nSPS) is 12.3. The number of nitro benzene ring substituents is 1. The summed E-state index contributed by atoms with van der Waals surface area (Å²) in [5.41, 5.74) is -0.351. The number of nitrogens with one attached hydrogen (secondary N) is 1. The molecule has 0 radical (unpaired) electrons. The van der Waals surface area contributed by atoms with Crippen LogP contribution in [0.5, 0.6) is 0 Å². The van der Waals surface area contributed by atoms with Crippen LogP contribution in [-0.4, -0.2) is 26.3 Å². The fourth-order valence-electron chi connectivity index (χ4n) is 0.934. The van der Waals surface area contributed by atoms with E-state index in [1.165, 1.54) is 0 Å². The number of hydrogen-bond donors (Lipinski definition) is 2. The van der Waals surface area contributed by atoms with Gasteiger partial charge in [0.25, 0.3) is 15.7 Å². The molecule has 0 aromatic heterocycles. The van der Waals surface area contributed by atoms with Gasteiger partial charge in [0.15, 0.2) is 0 Å². The minimum atomic E-state index is -4.93. The summed E-state index contributed by atoms with van der Waals surface area (Å²) in [6, 6.07) is 3.45. The number of rotatable bonds is 4. The molecule has 1 rings (SSSR count). The first kappa shape index (κ1) is 13.5. The standard InChI is InChI=1S/C6H6N2O7S2/c9-8(10)5-1-3-6(4-2-5)16(11,12)7-17(13,14)15/h1-4,7H,(H,13,14,15). The van der Waals surface area contributed by atoms with E-state index in [1.807, 2.05) is 0 Å². The number of nitro groups is 1. The maximum Gasteiger partial charge on any atom is 0.346 e. The number of hydrogen-bond acceptors (Lipinski definition) is 6. The second-order valence-electron chi connectivity index (χ2n) is 2.81. The molecule has 1 aromatic rings. The predicted molar refractivity (Wildman–Crippen MR) is 55.0 cm³/mol. The largest absolute Gasteiger partial charge is 0.346 e. The maximum absolute atomic E-state index is 11.3. The second-order valence-corrected chi connectivity index (χ2v) is 5.91.